The zero-order chi connectivity index (χ0) is 28.8. The SMILES string of the molecule is CCN(C(=O)OC(C)(C)C)C1CCN(c2ccc(C(=O)Nc3cc(F)c4nc(C)cn4c3)c3c2nnn3C)CC1. The normalized spacial score (nSPS) is 14.6. The number of hydrogen-bond donors (Lipinski definition) is 1. The number of carbonyl (C=O) groups is 2. The average molecular weight is 551 g/mol. The predicted octanol–water partition coefficient (Wildman–Crippen LogP) is 4.54. The van der Waals surface area contributed by atoms with E-state index >= 15 is 0 Å². The maximum absolute atomic E-state index is 14.6. The number of aromatic nitrogens is 5. The van der Waals surface area contributed by atoms with Crippen molar-refractivity contribution in [3.63, 3.8) is 0 Å². The van der Waals surface area contributed by atoms with Crippen molar-refractivity contribution in [2.75, 3.05) is 29.9 Å². The molecule has 0 atom stereocenters. The molecule has 0 aliphatic carbocycles. The molecule has 5 rings (SSSR count). The summed E-state index contributed by atoms with van der Waals surface area (Å²) in [4.78, 5) is 34.3. The lowest BCUT2D eigenvalue weighted by molar-refractivity contribution is 0.0149. The molecule has 1 saturated heterocycles. The molecule has 1 aliphatic rings. The number of benzene rings is 1. The molecule has 1 fully saturated rings. The number of nitrogens with one attached hydrogen (secondary N) is 1. The number of rotatable bonds is 5. The number of amides is 2. The van der Waals surface area contributed by atoms with E-state index in [9.17, 15) is 14.0 Å². The maximum atomic E-state index is 14.6. The van der Waals surface area contributed by atoms with Crippen LogP contribution in [0.2, 0.25) is 0 Å². The molecule has 40 heavy (non-hydrogen) atoms. The van der Waals surface area contributed by atoms with E-state index in [0.29, 0.717) is 47.6 Å². The van der Waals surface area contributed by atoms with Crippen molar-refractivity contribution in [3.05, 3.63) is 47.7 Å². The highest BCUT2D eigenvalue weighted by Crippen LogP contribution is 2.31. The van der Waals surface area contributed by atoms with Crippen LogP contribution in [-0.2, 0) is 11.8 Å². The minimum Gasteiger partial charge on any atom is -0.444 e. The Bertz CT molecular complexity index is 1580. The summed E-state index contributed by atoms with van der Waals surface area (Å²) < 4.78 is 23.3. The van der Waals surface area contributed by atoms with E-state index in [1.54, 1.807) is 46.4 Å². The fourth-order valence-corrected chi connectivity index (χ4v) is 5.31. The van der Waals surface area contributed by atoms with E-state index in [-0.39, 0.29) is 17.8 Å². The molecule has 4 heterocycles. The van der Waals surface area contributed by atoms with Crippen molar-refractivity contribution >= 4 is 40.1 Å². The number of fused-ring (bicyclic) bond motifs is 2. The summed E-state index contributed by atoms with van der Waals surface area (Å²) in [7, 11) is 1.74. The third kappa shape index (κ3) is 5.30. The lowest BCUT2D eigenvalue weighted by Gasteiger charge is -2.39. The van der Waals surface area contributed by atoms with E-state index in [2.05, 4.69) is 25.5 Å². The van der Waals surface area contributed by atoms with Gasteiger partial charge >= 0.3 is 6.09 Å². The summed E-state index contributed by atoms with van der Waals surface area (Å²) in [5.74, 6) is -0.919. The minimum absolute atomic E-state index is 0.0792. The van der Waals surface area contributed by atoms with Gasteiger partial charge in [0.05, 0.1) is 22.6 Å². The Hall–Kier alpha value is -4.22. The van der Waals surface area contributed by atoms with E-state index in [1.165, 1.54) is 6.07 Å². The quantitative estimate of drug-likeness (QED) is 0.388. The van der Waals surface area contributed by atoms with Crippen LogP contribution in [-0.4, -0.2) is 72.6 Å². The molecule has 3 aromatic heterocycles. The smallest absolute Gasteiger partial charge is 0.410 e. The minimum atomic E-state index is -0.545. The zero-order valence-corrected chi connectivity index (χ0v) is 23.7. The van der Waals surface area contributed by atoms with Crippen LogP contribution >= 0.6 is 0 Å². The van der Waals surface area contributed by atoms with Crippen LogP contribution in [0.4, 0.5) is 20.6 Å². The molecule has 0 unspecified atom stereocenters. The lowest BCUT2D eigenvalue weighted by atomic mass is 10.0. The van der Waals surface area contributed by atoms with E-state index < -0.39 is 17.3 Å². The topological polar surface area (TPSA) is 110 Å². The van der Waals surface area contributed by atoms with E-state index in [0.717, 1.165) is 18.5 Å². The maximum Gasteiger partial charge on any atom is 0.410 e. The molecule has 0 bridgehead atoms. The Kier molecular flexibility index (Phi) is 7.11. The molecule has 2 amide bonds. The van der Waals surface area contributed by atoms with Gasteiger partial charge in [-0.05, 0) is 59.6 Å². The first kappa shape index (κ1) is 27.4. The first-order chi connectivity index (χ1) is 18.9. The Morgan fingerprint density at radius 3 is 2.60 bits per heavy atom. The Morgan fingerprint density at radius 2 is 1.93 bits per heavy atom. The van der Waals surface area contributed by atoms with E-state index in [4.69, 9.17) is 4.74 Å². The lowest BCUT2D eigenvalue weighted by Crippen LogP contribution is -2.48. The van der Waals surface area contributed by atoms with Crippen LogP contribution in [0.3, 0.4) is 0 Å². The highest BCUT2D eigenvalue weighted by Gasteiger charge is 2.31. The van der Waals surface area contributed by atoms with Crippen molar-refractivity contribution in [1.82, 2.24) is 29.3 Å². The van der Waals surface area contributed by atoms with Crippen molar-refractivity contribution in [2.24, 2.45) is 7.05 Å². The molecule has 11 nitrogen and oxygen atoms in total. The van der Waals surface area contributed by atoms with Crippen molar-refractivity contribution < 1.29 is 18.7 Å². The number of anilines is 2. The first-order valence-electron chi connectivity index (χ1n) is 13.5. The van der Waals surface area contributed by atoms with E-state index in [1.807, 2.05) is 33.8 Å². The molecule has 0 saturated carbocycles. The molecule has 1 aliphatic heterocycles. The van der Waals surface area contributed by atoms with Crippen LogP contribution in [0.1, 0.15) is 56.6 Å². The average Bonchev–Trinajstić information content (AvgIpc) is 3.46. The van der Waals surface area contributed by atoms with Gasteiger partial charge < -0.3 is 24.3 Å². The third-order valence-corrected chi connectivity index (χ3v) is 7.08. The third-order valence-electron chi connectivity index (χ3n) is 7.08. The van der Waals surface area contributed by atoms with Gasteiger partial charge in [0.15, 0.2) is 11.5 Å². The number of nitrogens with zero attached hydrogens (tertiary/aromatic N) is 7. The Morgan fingerprint density at radius 1 is 1.20 bits per heavy atom. The summed E-state index contributed by atoms with van der Waals surface area (Å²) in [5, 5.41) is 11.4. The molecule has 1 aromatic carbocycles. The number of halogens is 1. The summed E-state index contributed by atoms with van der Waals surface area (Å²) in [6, 6.07) is 4.96. The fraction of sp³-hybridized carbons (Fsp3) is 0.464. The summed E-state index contributed by atoms with van der Waals surface area (Å²) in [6.45, 7) is 11.4. The van der Waals surface area contributed by atoms with Crippen molar-refractivity contribution in [3.8, 4) is 0 Å². The second kappa shape index (κ2) is 10.4. The Balaban J connectivity index is 1.35. The summed E-state index contributed by atoms with van der Waals surface area (Å²) in [6.07, 6.45) is 4.59. The van der Waals surface area contributed by atoms with Crippen molar-refractivity contribution in [1.29, 1.82) is 0 Å². The second-order valence-electron chi connectivity index (χ2n) is 11.2. The Labute approximate surface area is 231 Å². The van der Waals surface area contributed by atoms with Gasteiger partial charge in [0.25, 0.3) is 5.91 Å². The molecule has 4 aromatic rings. The van der Waals surface area contributed by atoms with Crippen molar-refractivity contribution in [2.45, 2.75) is 59.1 Å². The van der Waals surface area contributed by atoms with Crippen LogP contribution < -0.4 is 10.2 Å². The van der Waals surface area contributed by atoms with Gasteiger partial charge in [0, 0.05) is 51.2 Å². The van der Waals surface area contributed by atoms with Crippen LogP contribution in [0.5, 0.6) is 0 Å². The zero-order valence-electron chi connectivity index (χ0n) is 23.7. The summed E-state index contributed by atoms with van der Waals surface area (Å²) in [5.41, 5.74) is 3.10. The first-order valence-corrected chi connectivity index (χ1v) is 13.5. The molecule has 0 spiro atoms. The number of hydrogen-bond acceptors (Lipinski definition) is 7. The fourth-order valence-electron chi connectivity index (χ4n) is 5.31. The van der Waals surface area contributed by atoms with Crippen LogP contribution in [0, 0.1) is 12.7 Å². The van der Waals surface area contributed by atoms with Gasteiger partial charge in [-0.25, -0.2) is 18.9 Å². The molecular weight excluding hydrogens is 515 g/mol. The molecular formula is C28H35FN8O3. The van der Waals surface area contributed by atoms with Gasteiger partial charge in [-0.2, -0.15) is 0 Å². The number of ether oxygens (including phenoxy) is 1. The van der Waals surface area contributed by atoms with Gasteiger partial charge in [0.1, 0.15) is 16.6 Å². The number of carbonyl (C=O) groups excluding carboxylic acids is 2. The predicted molar refractivity (Wildman–Crippen MR) is 150 cm³/mol. The molecule has 212 valence electrons. The highest BCUT2D eigenvalue weighted by molar-refractivity contribution is 6.13. The highest BCUT2D eigenvalue weighted by atomic mass is 19.1. The molecule has 1 N–H and O–H groups in total. The number of piperidine rings is 1. The monoisotopic (exact) mass is 550 g/mol. The molecule has 12 heteroatoms. The summed E-state index contributed by atoms with van der Waals surface area (Å²) >= 11 is 0. The van der Waals surface area contributed by atoms with Gasteiger partial charge in [0.2, 0.25) is 0 Å². The second-order valence-corrected chi connectivity index (χ2v) is 11.2. The van der Waals surface area contributed by atoms with Crippen LogP contribution in [0.25, 0.3) is 16.7 Å². The number of pyridine rings is 1. The largest absolute Gasteiger partial charge is 0.444 e. The molecule has 0 radical (unpaired) electrons. The standard InChI is InChI=1S/C28H35FN8O3/c1-7-37(27(39)40-28(3,4)5)19-10-12-35(13-11-19)22-9-8-20(24-23(22)32-33-34(24)6)26(38)31-18-14-21(29)25-30-17(2)15-36(25)16-18/h8-9,14-16,19H,7,10-13H2,1-6H3,(H,31,38). The van der Waals surface area contributed by atoms with Gasteiger partial charge in [-0.15, -0.1) is 5.10 Å². The van der Waals surface area contributed by atoms with Gasteiger partial charge in [-0.3, -0.25) is 4.79 Å². The van der Waals surface area contributed by atoms with Crippen LogP contribution in [0.15, 0.2) is 30.6 Å². The number of imidazole rings is 1. The van der Waals surface area contributed by atoms with Gasteiger partial charge in [-0.1, -0.05) is 5.21 Å². The number of aryl methyl sites for hydroxylation is 2.